The standard InChI is InChI=1S/C12H16N2O.2ClH/c1-2-5-11(6-3-1)10-15-14-12-7-4-8-13-9-12;;/h1-7,12-14H,8-10H2;2*1H. The maximum atomic E-state index is 5.42. The van der Waals surface area contributed by atoms with Crippen molar-refractivity contribution >= 4 is 24.8 Å². The highest BCUT2D eigenvalue weighted by Crippen LogP contribution is 2.00. The van der Waals surface area contributed by atoms with Gasteiger partial charge in [-0.05, 0) is 5.56 Å². The molecule has 1 atom stereocenters. The van der Waals surface area contributed by atoms with Crippen LogP contribution in [0, 0.1) is 0 Å². The molecule has 17 heavy (non-hydrogen) atoms. The van der Waals surface area contributed by atoms with Crippen molar-refractivity contribution in [3.63, 3.8) is 0 Å². The fourth-order valence-electron chi connectivity index (χ4n) is 1.51. The SMILES string of the molecule is C1=CC(NOCc2ccccc2)CNC1.Cl.Cl. The molecule has 0 saturated heterocycles. The van der Waals surface area contributed by atoms with Crippen LogP contribution in [-0.2, 0) is 11.4 Å². The molecule has 1 aliphatic heterocycles. The molecule has 96 valence electrons. The van der Waals surface area contributed by atoms with E-state index >= 15 is 0 Å². The molecule has 0 bridgehead atoms. The largest absolute Gasteiger partial charge is 0.311 e. The molecule has 0 amide bonds. The number of nitrogens with one attached hydrogen (secondary N) is 2. The Bertz CT molecular complexity index is 320. The molecular formula is C12H18Cl2N2O. The molecule has 1 heterocycles. The zero-order valence-corrected chi connectivity index (χ0v) is 11.1. The van der Waals surface area contributed by atoms with Gasteiger partial charge in [0.1, 0.15) is 0 Å². The van der Waals surface area contributed by atoms with Crippen LogP contribution in [0.4, 0.5) is 0 Å². The summed E-state index contributed by atoms with van der Waals surface area (Å²) in [5.74, 6) is 0. The van der Waals surface area contributed by atoms with Crippen molar-refractivity contribution in [2.45, 2.75) is 12.6 Å². The first-order valence-corrected chi connectivity index (χ1v) is 5.24. The fraction of sp³-hybridized carbons (Fsp3) is 0.333. The maximum absolute atomic E-state index is 5.42. The van der Waals surface area contributed by atoms with Crippen LogP contribution in [0.25, 0.3) is 0 Å². The van der Waals surface area contributed by atoms with Gasteiger partial charge in [-0.2, -0.15) is 5.48 Å². The van der Waals surface area contributed by atoms with E-state index in [0.29, 0.717) is 6.61 Å². The third-order valence-corrected chi connectivity index (χ3v) is 2.31. The molecule has 1 aromatic rings. The Hall–Kier alpha value is -0.580. The van der Waals surface area contributed by atoms with Gasteiger partial charge in [0.05, 0.1) is 12.6 Å². The van der Waals surface area contributed by atoms with Crippen LogP contribution in [-0.4, -0.2) is 19.1 Å². The topological polar surface area (TPSA) is 33.3 Å². The molecule has 0 aromatic heterocycles. The highest BCUT2D eigenvalue weighted by Gasteiger charge is 2.06. The van der Waals surface area contributed by atoms with Crippen LogP contribution in [0.1, 0.15) is 5.56 Å². The summed E-state index contributed by atoms with van der Waals surface area (Å²) in [6.07, 6.45) is 4.23. The van der Waals surface area contributed by atoms with Gasteiger partial charge < -0.3 is 5.32 Å². The quantitative estimate of drug-likeness (QED) is 0.653. The van der Waals surface area contributed by atoms with Crippen LogP contribution >= 0.6 is 24.8 Å². The first kappa shape index (κ1) is 16.4. The van der Waals surface area contributed by atoms with Gasteiger partial charge in [-0.15, -0.1) is 24.8 Å². The van der Waals surface area contributed by atoms with E-state index < -0.39 is 0 Å². The Morgan fingerprint density at radius 1 is 1.24 bits per heavy atom. The molecule has 1 unspecified atom stereocenters. The maximum Gasteiger partial charge on any atom is 0.0933 e. The molecule has 2 N–H and O–H groups in total. The smallest absolute Gasteiger partial charge is 0.0933 e. The van der Waals surface area contributed by atoms with E-state index in [0.717, 1.165) is 13.1 Å². The molecular weight excluding hydrogens is 259 g/mol. The van der Waals surface area contributed by atoms with Crippen molar-refractivity contribution in [3.8, 4) is 0 Å². The molecule has 5 heteroatoms. The zero-order chi connectivity index (χ0) is 10.3. The molecule has 0 radical (unpaired) electrons. The van der Waals surface area contributed by atoms with Crippen molar-refractivity contribution in [1.29, 1.82) is 0 Å². The van der Waals surface area contributed by atoms with Crippen LogP contribution in [0.2, 0.25) is 0 Å². The highest BCUT2D eigenvalue weighted by atomic mass is 35.5. The predicted molar refractivity (Wildman–Crippen MR) is 74.7 cm³/mol. The van der Waals surface area contributed by atoms with Gasteiger partial charge in [0.25, 0.3) is 0 Å². The molecule has 0 saturated carbocycles. The van der Waals surface area contributed by atoms with Gasteiger partial charge in [-0.3, -0.25) is 4.84 Å². The minimum Gasteiger partial charge on any atom is -0.311 e. The van der Waals surface area contributed by atoms with Crippen molar-refractivity contribution in [2.75, 3.05) is 13.1 Å². The lowest BCUT2D eigenvalue weighted by molar-refractivity contribution is 0.0131. The summed E-state index contributed by atoms with van der Waals surface area (Å²) < 4.78 is 0. The van der Waals surface area contributed by atoms with Gasteiger partial charge in [-0.1, -0.05) is 42.5 Å². The summed E-state index contributed by atoms with van der Waals surface area (Å²) in [5.41, 5.74) is 4.20. The fourth-order valence-corrected chi connectivity index (χ4v) is 1.51. The lowest BCUT2D eigenvalue weighted by Gasteiger charge is -2.18. The number of rotatable bonds is 4. The first-order chi connectivity index (χ1) is 7.45. The number of benzene rings is 1. The van der Waals surface area contributed by atoms with Crippen LogP contribution in [0.3, 0.4) is 0 Å². The Morgan fingerprint density at radius 2 is 2.00 bits per heavy atom. The lowest BCUT2D eigenvalue weighted by atomic mass is 10.2. The molecule has 0 aliphatic carbocycles. The summed E-state index contributed by atoms with van der Waals surface area (Å²) in [4.78, 5) is 5.42. The number of hydroxylamine groups is 1. The third-order valence-electron chi connectivity index (χ3n) is 2.31. The Kier molecular flexibility index (Phi) is 9.13. The molecule has 1 aliphatic rings. The number of halogens is 2. The van der Waals surface area contributed by atoms with E-state index in [1.165, 1.54) is 5.56 Å². The van der Waals surface area contributed by atoms with Crippen molar-refractivity contribution in [3.05, 3.63) is 48.0 Å². The monoisotopic (exact) mass is 276 g/mol. The minimum absolute atomic E-state index is 0. The van der Waals surface area contributed by atoms with E-state index in [4.69, 9.17) is 4.84 Å². The predicted octanol–water partition coefficient (Wildman–Crippen LogP) is 2.08. The molecule has 1 aromatic carbocycles. The summed E-state index contributed by atoms with van der Waals surface area (Å²) in [7, 11) is 0. The van der Waals surface area contributed by atoms with Crippen molar-refractivity contribution in [1.82, 2.24) is 10.8 Å². The van der Waals surface area contributed by atoms with Crippen molar-refractivity contribution in [2.24, 2.45) is 0 Å². The number of hydrogen-bond donors (Lipinski definition) is 2. The average Bonchev–Trinajstić information content (AvgIpc) is 2.32. The molecule has 0 spiro atoms. The Labute approximate surface area is 114 Å². The zero-order valence-electron chi connectivity index (χ0n) is 9.46. The first-order valence-electron chi connectivity index (χ1n) is 5.24. The van der Waals surface area contributed by atoms with Gasteiger partial charge in [0, 0.05) is 13.1 Å². The second-order valence-corrected chi connectivity index (χ2v) is 3.59. The van der Waals surface area contributed by atoms with E-state index in [1.807, 2.05) is 18.2 Å². The van der Waals surface area contributed by atoms with Crippen LogP contribution in [0.15, 0.2) is 42.5 Å². The van der Waals surface area contributed by atoms with Gasteiger partial charge in [0.2, 0.25) is 0 Å². The highest BCUT2D eigenvalue weighted by molar-refractivity contribution is 5.85. The van der Waals surface area contributed by atoms with E-state index in [-0.39, 0.29) is 30.9 Å². The van der Waals surface area contributed by atoms with Crippen LogP contribution in [0.5, 0.6) is 0 Å². The lowest BCUT2D eigenvalue weighted by Crippen LogP contribution is -2.39. The second kappa shape index (κ2) is 9.45. The van der Waals surface area contributed by atoms with Gasteiger partial charge in [-0.25, -0.2) is 0 Å². The number of hydrogen-bond acceptors (Lipinski definition) is 3. The summed E-state index contributed by atoms with van der Waals surface area (Å²) in [6.45, 7) is 2.48. The Morgan fingerprint density at radius 3 is 2.65 bits per heavy atom. The van der Waals surface area contributed by atoms with E-state index in [1.54, 1.807) is 0 Å². The van der Waals surface area contributed by atoms with Gasteiger partial charge in [0.15, 0.2) is 0 Å². The molecule has 2 rings (SSSR count). The van der Waals surface area contributed by atoms with Crippen LogP contribution < -0.4 is 10.8 Å². The Balaban J connectivity index is 0.00000128. The van der Waals surface area contributed by atoms with E-state index in [9.17, 15) is 0 Å². The summed E-state index contributed by atoms with van der Waals surface area (Å²) in [5, 5.41) is 3.25. The van der Waals surface area contributed by atoms with Crippen molar-refractivity contribution < 1.29 is 4.84 Å². The van der Waals surface area contributed by atoms with Gasteiger partial charge >= 0.3 is 0 Å². The minimum atomic E-state index is 0. The molecule has 3 nitrogen and oxygen atoms in total. The molecule has 0 fully saturated rings. The second-order valence-electron chi connectivity index (χ2n) is 3.59. The summed E-state index contributed by atoms with van der Waals surface area (Å²) in [6, 6.07) is 10.4. The average molecular weight is 277 g/mol. The summed E-state index contributed by atoms with van der Waals surface area (Å²) >= 11 is 0. The third kappa shape index (κ3) is 6.05. The normalized spacial score (nSPS) is 18.0. The van der Waals surface area contributed by atoms with E-state index in [2.05, 4.69) is 35.1 Å².